The fourth-order valence-electron chi connectivity index (χ4n) is 3.90. The van der Waals surface area contributed by atoms with Gasteiger partial charge in [-0.25, -0.2) is 0 Å². The van der Waals surface area contributed by atoms with Crippen molar-refractivity contribution in [3.8, 4) is 11.3 Å². The Hall–Kier alpha value is -2.89. The Kier molecular flexibility index (Phi) is 4.79. The van der Waals surface area contributed by atoms with Crippen LogP contribution in [0, 0.1) is 6.92 Å². The van der Waals surface area contributed by atoms with Crippen LogP contribution in [0.5, 0.6) is 0 Å². The molecule has 3 aromatic rings. The normalized spacial score (nSPS) is 15.3. The van der Waals surface area contributed by atoms with Crippen molar-refractivity contribution in [2.75, 3.05) is 13.1 Å². The lowest BCUT2D eigenvalue weighted by Gasteiger charge is -2.32. The molecule has 1 amide bonds. The zero-order valence-electron chi connectivity index (χ0n) is 15.7. The van der Waals surface area contributed by atoms with E-state index in [2.05, 4.69) is 22.3 Å². The first-order valence-corrected chi connectivity index (χ1v) is 9.52. The fourth-order valence-corrected chi connectivity index (χ4v) is 3.90. The van der Waals surface area contributed by atoms with Crippen LogP contribution in [-0.4, -0.2) is 39.3 Å². The van der Waals surface area contributed by atoms with Crippen LogP contribution in [0.3, 0.4) is 0 Å². The number of amides is 1. The van der Waals surface area contributed by atoms with E-state index in [-0.39, 0.29) is 5.91 Å². The maximum Gasteiger partial charge on any atom is 0.259 e. The first-order chi connectivity index (χ1) is 13.2. The van der Waals surface area contributed by atoms with Gasteiger partial charge in [0, 0.05) is 30.3 Å². The molecule has 3 heterocycles. The van der Waals surface area contributed by atoms with Crippen LogP contribution in [0.25, 0.3) is 11.3 Å². The Morgan fingerprint density at radius 1 is 1.26 bits per heavy atom. The van der Waals surface area contributed by atoms with Gasteiger partial charge in [0.15, 0.2) is 0 Å². The van der Waals surface area contributed by atoms with Crippen molar-refractivity contribution in [2.45, 2.75) is 39.0 Å². The molecule has 1 aliphatic heterocycles. The quantitative estimate of drug-likeness (QED) is 0.760. The fraction of sp³-hybridized carbons (Fsp3) is 0.381. The monoisotopic (exact) mass is 364 g/mol. The number of hydrogen-bond acceptors (Lipinski definition) is 4. The predicted molar refractivity (Wildman–Crippen MR) is 103 cm³/mol. The summed E-state index contributed by atoms with van der Waals surface area (Å²) in [5, 5.41) is 11.5. The summed E-state index contributed by atoms with van der Waals surface area (Å²) in [5.74, 6) is 1.01. The summed E-state index contributed by atoms with van der Waals surface area (Å²) in [5.41, 5.74) is 4.62. The van der Waals surface area contributed by atoms with Crippen LogP contribution in [0.1, 0.15) is 53.1 Å². The van der Waals surface area contributed by atoms with E-state index in [1.165, 1.54) is 11.3 Å². The number of aryl methyl sites for hydroxylation is 2. The zero-order chi connectivity index (χ0) is 18.8. The van der Waals surface area contributed by atoms with Gasteiger partial charge < -0.3 is 9.42 Å². The third-order valence-electron chi connectivity index (χ3n) is 5.45. The van der Waals surface area contributed by atoms with Crippen LogP contribution < -0.4 is 0 Å². The molecule has 1 saturated heterocycles. The second kappa shape index (κ2) is 7.39. The number of piperidine rings is 1. The van der Waals surface area contributed by atoms with Crippen LogP contribution in [0.2, 0.25) is 0 Å². The van der Waals surface area contributed by atoms with Gasteiger partial charge in [-0.15, -0.1) is 0 Å². The van der Waals surface area contributed by atoms with Crippen LogP contribution in [0.15, 0.2) is 41.1 Å². The van der Waals surface area contributed by atoms with Gasteiger partial charge in [-0.05, 0) is 31.7 Å². The number of carbonyl (C=O) groups excluding carboxylic acids is 1. The van der Waals surface area contributed by atoms with Gasteiger partial charge in [-0.3, -0.25) is 9.89 Å². The molecule has 1 fully saturated rings. The third-order valence-corrected chi connectivity index (χ3v) is 5.45. The third kappa shape index (κ3) is 3.27. The van der Waals surface area contributed by atoms with E-state index in [1.54, 1.807) is 6.92 Å². The van der Waals surface area contributed by atoms with Gasteiger partial charge >= 0.3 is 0 Å². The molecule has 2 aromatic heterocycles. The standard InChI is InChI=1S/C21H24N4O2/c1-3-15-13-22-23-19(15)17-9-11-25(12-10-17)21(26)18-14(2)27-24-20(18)16-7-5-4-6-8-16/h4-8,13,17H,3,9-12H2,1-2H3,(H,22,23). The molecule has 27 heavy (non-hydrogen) atoms. The minimum atomic E-state index is 0.00591. The molecule has 0 saturated carbocycles. The molecular weight excluding hydrogens is 340 g/mol. The van der Waals surface area contributed by atoms with Crippen molar-refractivity contribution in [3.63, 3.8) is 0 Å². The van der Waals surface area contributed by atoms with E-state index in [0.29, 0.717) is 22.9 Å². The van der Waals surface area contributed by atoms with Crippen LogP contribution in [0.4, 0.5) is 0 Å². The molecule has 0 bridgehead atoms. The minimum absolute atomic E-state index is 0.00591. The number of hydrogen-bond donors (Lipinski definition) is 1. The number of aromatic amines is 1. The largest absolute Gasteiger partial charge is 0.360 e. The van der Waals surface area contributed by atoms with Gasteiger partial charge in [0.05, 0.1) is 6.20 Å². The van der Waals surface area contributed by atoms with E-state index in [1.807, 2.05) is 41.4 Å². The van der Waals surface area contributed by atoms with Gasteiger partial charge in [0.1, 0.15) is 17.0 Å². The van der Waals surface area contributed by atoms with Crippen molar-refractivity contribution in [1.82, 2.24) is 20.3 Å². The molecule has 4 rings (SSSR count). The van der Waals surface area contributed by atoms with E-state index >= 15 is 0 Å². The molecule has 1 aromatic carbocycles. The highest BCUT2D eigenvalue weighted by Gasteiger charge is 2.30. The number of H-pyrrole nitrogens is 1. The van der Waals surface area contributed by atoms with Crippen LogP contribution in [-0.2, 0) is 6.42 Å². The number of benzene rings is 1. The minimum Gasteiger partial charge on any atom is -0.360 e. The Morgan fingerprint density at radius 3 is 2.70 bits per heavy atom. The number of nitrogens with zero attached hydrogens (tertiary/aromatic N) is 3. The topological polar surface area (TPSA) is 75.0 Å². The molecule has 1 N–H and O–H groups in total. The molecule has 0 radical (unpaired) electrons. The number of rotatable bonds is 4. The lowest BCUT2D eigenvalue weighted by atomic mass is 9.90. The highest BCUT2D eigenvalue weighted by molar-refractivity contribution is 6.00. The summed E-state index contributed by atoms with van der Waals surface area (Å²) in [6.45, 7) is 5.40. The van der Waals surface area contributed by atoms with Gasteiger partial charge in [-0.1, -0.05) is 42.4 Å². The number of nitrogens with one attached hydrogen (secondary N) is 1. The molecule has 140 valence electrons. The van der Waals surface area contributed by atoms with Crippen LogP contribution >= 0.6 is 0 Å². The Balaban J connectivity index is 1.52. The van der Waals surface area contributed by atoms with E-state index in [9.17, 15) is 4.79 Å². The van der Waals surface area contributed by atoms with Crippen molar-refractivity contribution in [3.05, 3.63) is 59.1 Å². The molecular formula is C21H24N4O2. The molecule has 6 nitrogen and oxygen atoms in total. The summed E-state index contributed by atoms with van der Waals surface area (Å²) in [6.07, 6.45) is 4.77. The lowest BCUT2D eigenvalue weighted by molar-refractivity contribution is 0.0711. The van der Waals surface area contributed by atoms with E-state index in [4.69, 9.17) is 4.52 Å². The van der Waals surface area contributed by atoms with Gasteiger partial charge in [0.2, 0.25) is 0 Å². The summed E-state index contributed by atoms with van der Waals surface area (Å²) >= 11 is 0. The number of aromatic nitrogens is 3. The van der Waals surface area contributed by atoms with Crippen molar-refractivity contribution < 1.29 is 9.32 Å². The van der Waals surface area contributed by atoms with Gasteiger partial charge in [0.25, 0.3) is 5.91 Å². The number of carbonyl (C=O) groups is 1. The SMILES string of the molecule is CCc1cn[nH]c1C1CCN(C(=O)c2c(-c3ccccc3)noc2C)CC1. The average Bonchev–Trinajstić information content (AvgIpc) is 3.34. The lowest BCUT2D eigenvalue weighted by Crippen LogP contribution is -2.38. The molecule has 6 heteroatoms. The molecule has 0 unspecified atom stereocenters. The summed E-state index contributed by atoms with van der Waals surface area (Å²) in [4.78, 5) is 15.1. The Morgan fingerprint density at radius 2 is 2.00 bits per heavy atom. The number of likely N-dealkylation sites (tertiary alicyclic amines) is 1. The predicted octanol–water partition coefficient (Wildman–Crippen LogP) is 3.96. The van der Waals surface area contributed by atoms with Crippen molar-refractivity contribution in [1.29, 1.82) is 0 Å². The molecule has 0 atom stereocenters. The highest BCUT2D eigenvalue weighted by atomic mass is 16.5. The van der Waals surface area contributed by atoms with E-state index in [0.717, 1.165) is 37.9 Å². The Bertz CT molecular complexity index is 921. The average molecular weight is 364 g/mol. The van der Waals surface area contributed by atoms with E-state index < -0.39 is 0 Å². The summed E-state index contributed by atoms with van der Waals surface area (Å²) in [7, 11) is 0. The second-order valence-corrected chi connectivity index (χ2v) is 7.06. The maximum absolute atomic E-state index is 13.2. The zero-order valence-corrected chi connectivity index (χ0v) is 15.7. The Labute approximate surface area is 158 Å². The smallest absolute Gasteiger partial charge is 0.259 e. The summed E-state index contributed by atoms with van der Waals surface area (Å²) < 4.78 is 5.36. The highest BCUT2D eigenvalue weighted by Crippen LogP contribution is 2.32. The van der Waals surface area contributed by atoms with Crippen molar-refractivity contribution >= 4 is 5.91 Å². The maximum atomic E-state index is 13.2. The first kappa shape index (κ1) is 17.5. The molecule has 1 aliphatic rings. The second-order valence-electron chi connectivity index (χ2n) is 7.06. The summed E-state index contributed by atoms with van der Waals surface area (Å²) in [6, 6.07) is 9.72. The molecule has 0 aliphatic carbocycles. The molecule has 0 spiro atoms. The van der Waals surface area contributed by atoms with Crippen molar-refractivity contribution in [2.24, 2.45) is 0 Å². The van der Waals surface area contributed by atoms with Gasteiger partial charge in [-0.2, -0.15) is 5.10 Å². The first-order valence-electron chi connectivity index (χ1n) is 9.52.